The Hall–Kier alpha value is -1.26. The molecule has 0 bridgehead atoms. The van der Waals surface area contributed by atoms with E-state index in [0.717, 1.165) is 5.69 Å². The topological polar surface area (TPSA) is 52.6 Å². The van der Waals surface area contributed by atoms with E-state index < -0.39 is 0 Å². The summed E-state index contributed by atoms with van der Waals surface area (Å²) in [5.41, 5.74) is 1.57. The van der Waals surface area contributed by atoms with Crippen molar-refractivity contribution in [2.45, 2.75) is 33.4 Å². The molecule has 0 aromatic heterocycles. The first kappa shape index (κ1) is 15.8. The van der Waals surface area contributed by atoms with E-state index in [9.17, 15) is 4.79 Å². The standard InChI is InChI=1S/C14H21ClN2O2/c1-4-17(8-14(19)16-10(2)3)12-6-5-11(9-18)13(15)7-12/h5-7,10,18H,4,8-9H2,1-3H3,(H,16,19). The van der Waals surface area contributed by atoms with E-state index in [-0.39, 0.29) is 18.6 Å². The minimum absolute atomic E-state index is 0.0146. The number of aliphatic hydroxyl groups excluding tert-OH is 1. The van der Waals surface area contributed by atoms with Crippen LogP contribution in [0.15, 0.2) is 18.2 Å². The Morgan fingerprint density at radius 3 is 2.63 bits per heavy atom. The van der Waals surface area contributed by atoms with Crippen molar-refractivity contribution in [1.82, 2.24) is 5.32 Å². The predicted molar refractivity (Wildman–Crippen MR) is 78.5 cm³/mol. The molecular formula is C14H21ClN2O2. The molecule has 0 atom stereocenters. The number of nitrogens with zero attached hydrogens (tertiary/aromatic N) is 1. The lowest BCUT2D eigenvalue weighted by molar-refractivity contribution is -0.120. The highest BCUT2D eigenvalue weighted by atomic mass is 35.5. The van der Waals surface area contributed by atoms with Crippen LogP contribution in [-0.4, -0.2) is 30.1 Å². The molecule has 0 fully saturated rings. The van der Waals surface area contributed by atoms with Crippen molar-refractivity contribution >= 4 is 23.2 Å². The van der Waals surface area contributed by atoms with Crippen LogP contribution >= 0.6 is 11.6 Å². The highest BCUT2D eigenvalue weighted by Crippen LogP contribution is 2.23. The van der Waals surface area contributed by atoms with E-state index in [0.29, 0.717) is 23.7 Å². The third-order valence-corrected chi connectivity index (χ3v) is 3.09. The zero-order chi connectivity index (χ0) is 14.4. The molecule has 106 valence electrons. The van der Waals surface area contributed by atoms with Crippen molar-refractivity contribution in [2.24, 2.45) is 0 Å². The number of likely N-dealkylation sites (N-methyl/N-ethyl adjacent to an activating group) is 1. The molecule has 19 heavy (non-hydrogen) atoms. The molecule has 4 nitrogen and oxygen atoms in total. The summed E-state index contributed by atoms with van der Waals surface area (Å²) in [6.45, 7) is 6.77. The fourth-order valence-corrected chi connectivity index (χ4v) is 2.02. The van der Waals surface area contributed by atoms with Crippen molar-refractivity contribution in [2.75, 3.05) is 18.0 Å². The van der Waals surface area contributed by atoms with Gasteiger partial charge in [-0.25, -0.2) is 0 Å². The zero-order valence-electron chi connectivity index (χ0n) is 11.6. The largest absolute Gasteiger partial charge is 0.392 e. The Bertz CT molecular complexity index is 435. The van der Waals surface area contributed by atoms with Crippen LogP contribution in [0.5, 0.6) is 0 Å². The zero-order valence-corrected chi connectivity index (χ0v) is 12.4. The summed E-state index contributed by atoms with van der Waals surface area (Å²) in [6, 6.07) is 5.55. The SMILES string of the molecule is CCN(CC(=O)NC(C)C)c1ccc(CO)c(Cl)c1. The molecule has 2 N–H and O–H groups in total. The van der Waals surface area contributed by atoms with E-state index in [2.05, 4.69) is 5.32 Å². The molecule has 0 spiro atoms. The van der Waals surface area contributed by atoms with Crippen molar-refractivity contribution in [3.63, 3.8) is 0 Å². The number of benzene rings is 1. The van der Waals surface area contributed by atoms with Gasteiger partial charge in [0.2, 0.25) is 5.91 Å². The Morgan fingerprint density at radius 1 is 1.47 bits per heavy atom. The van der Waals surface area contributed by atoms with Crippen LogP contribution in [0.4, 0.5) is 5.69 Å². The normalized spacial score (nSPS) is 10.6. The Kier molecular flexibility index (Phi) is 6.12. The third kappa shape index (κ3) is 4.73. The fourth-order valence-electron chi connectivity index (χ4n) is 1.79. The maximum Gasteiger partial charge on any atom is 0.239 e. The van der Waals surface area contributed by atoms with Crippen molar-refractivity contribution in [3.8, 4) is 0 Å². The minimum atomic E-state index is -0.0843. The molecule has 0 aliphatic carbocycles. The summed E-state index contributed by atoms with van der Waals surface area (Å²) in [5.74, 6) is -0.0146. The van der Waals surface area contributed by atoms with Gasteiger partial charge >= 0.3 is 0 Å². The van der Waals surface area contributed by atoms with Crippen LogP contribution in [0.2, 0.25) is 5.02 Å². The number of amides is 1. The van der Waals surface area contributed by atoms with Gasteiger partial charge in [-0.1, -0.05) is 17.7 Å². The number of carbonyl (C=O) groups excluding carboxylic acids is 1. The molecule has 0 radical (unpaired) electrons. The second-order valence-electron chi connectivity index (χ2n) is 4.67. The molecule has 0 aliphatic rings. The first-order valence-electron chi connectivity index (χ1n) is 6.41. The highest BCUT2D eigenvalue weighted by molar-refractivity contribution is 6.31. The molecule has 0 aliphatic heterocycles. The summed E-state index contributed by atoms with van der Waals surface area (Å²) >= 11 is 6.06. The van der Waals surface area contributed by atoms with E-state index in [4.69, 9.17) is 16.7 Å². The lowest BCUT2D eigenvalue weighted by Gasteiger charge is -2.23. The second-order valence-corrected chi connectivity index (χ2v) is 5.08. The van der Waals surface area contributed by atoms with Crippen molar-refractivity contribution < 1.29 is 9.90 Å². The number of hydrogen-bond acceptors (Lipinski definition) is 3. The quantitative estimate of drug-likeness (QED) is 0.842. The summed E-state index contributed by atoms with van der Waals surface area (Å²) in [6.07, 6.45) is 0. The first-order chi connectivity index (χ1) is 8.97. The number of rotatable bonds is 6. The number of halogens is 1. The first-order valence-corrected chi connectivity index (χ1v) is 6.79. The van der Waals surface area contributed by atoms with Crippen LogP contribution in [0.3, 0.4) is 0 Å². The molecule has 0 heterocycles. The maximum absolute atomic E-state index is 11.8. The second kappa shape index (κ2) is 7.36. The maximum atomic E-state index is 11.8. The van der Waals surface area contributed by atoms with Gasteiger partial charge < -0.3 is 15.3 Å². The Balaban J connectivity index is 2.79. The molecular weight excluding hydrogens is 264 g/mol. The Morgan fingerprint density at radius 2 is 2.16 bits per heavy atom. The molecule has 1 aromatic rings. The molecule has 1 rings (SSSR count). The number of carbonyl (C=O) groups is 1. The van der Waals surface area contributed by atoms with E-state index in [1.165, 1.54) is 0 Å². The van der Waals surface area contributed by atoms with Gasteiger partial charge in [-0.3, -0.25) is 4.79 Å². The number of nitrogens with one attached hydrogen (secondary N) is 1. The minimum Gasteiger partial charge on any atom is -0.392 e. The van der Waals surface area contributed by atoms with Crippen LogP contribution in [0.1, 0.15) is 26.3 Å². The summed E-state index contributed by atoms with van der Waals surface area (Å²) in [7, 11) is 0. The number of anilines is 1. The van der Waals surface area contributed by atoms with Gasteiger partial charge in [0.25, 0.3) is 0 Å². The van der Waals surface area contributed by atoms with E-state index in [1.54, 1.807) is 12.1 Å². The molecule has 1 amide bonds. The van der Waals surface area contributed by atoms with Crippen LogP contribution in [0.25, 0.3) is 0 Å². The monoisotopic (exact) mass is 284 g/mol. The lowest BCUT2D eigenvalue weighted by atomic mass is 10.2. The van der Waals surface area contributed by atoms with Gasteiger partial charge in [-0.2, -0.15) is 0 Å². The summed E-state index contributed by atoms with van der Waals surface area (Å²) < 4.78 is 0. The third-order valence-electron chi connectivity index (χ3n) is 2.74. The van der Waals surface area contributed by atoms with Crippen molar-refractivity contribution in [1.29, 1.82) is 0 Å². The van der Waals surface area contributed by atoms with E-state index >= 15 is 0 Å². The average molecular weight is 285 g/mol. The molecule has 0 saturated carbocycles. The highest BCUT2D eigenvalue weighted by Gasteiger charge is 2.12. The molecule has 0 unspecified atom stereocenters. The van der Waals surface area contributed by atoms with Crippen LogP contribution in [0, 0.1) is 0 Å². The van der Waals surface area contributed by atoms with Gasteiger partial charge in [0.05, 0.1) is 13.2 Å². The summed E-state index contributed by atoms with van der Waals surface area (Å²) in [4.78, 5) is 13.7. The molecule has 1 aromatic carbocycles. The van der Waals surface area contributed by atoms with Gasteiger partial charge in [-0.05, 0) is 38.5 Å². The fraction of sp³-hybridized carbons (Fsp3) is 0.500. The van der Waals surface area contributed by atoms with Crippen LogP contribution < -0.4 is 10.2 Å². The Labute approximate surface area is 119 Å². The number of aliphatic hydroxyl groups is 1. The van der Waals surface area contributed by atoms with E-state index in [1.807, 2.05) is 31.7 Å². The van der Waals surface area contributed by atoms with Gasteiger partial charge in [0.1, 0.15) is 0 Å². The average Bonchev–Trinajstić information content (AvgIpc) is 2.35. The smallest absolute Gasteiger partial charge is 0.239 e. The lowest BCUT2D eigenvalue weighted by Crippen LogP contribution is -2.40. The van der Waals surface area contributed by atoms with Gasteiger partial charge in [0, 0.05) is 23.3 Å². The van der Waals surface area contributed by atoms with Gasteiger partial charge in [0.15, 0.2) is 0 Å². The predicted octanol–water partition coefficient (Wildman–Crippen LogP) is 2.18. The van der Waals surface area contributed by atoms with Gasteiger partial charge in [-0.15, -0.1) is 0 Å². The van der Waals surface area contributed by atoms with Crippen molar-refractivity contribution in [3.05, 3.63) is 28.8 Å². The summed E-state index contributed by atoms with van der Waals surface area (Å²) in [5, 5.41) is 12.5. The molecule has 5 heteroatoms. The number of hydrogen-bond donors (Lipinski definition) is 2. The van der Waals surface area contributed by atoms with Crippen LogP contribution in [-0.2, 0) is 11.4 Å². The molecule has 0 saturated heterocycles.